The lowest BCUT2D eigenvalue weighted by atomic mass is 10.0. The van der Waals surface area contributed by atoms with E-state index >= 15 is 0 Å². The van der Waals surface area contributed by atoms with Crippen LogP contribution in [0.5, 0.6) is 11.5 Å². The van der Waals surface area contributed by atoms with Gasteiger partial charge in [-0.15, -0.1) is 0 Å². The molecule has 7 heteroatoms. The lowest BCUT2D eigenvalue weighted by molar-refractivity contribution is 0.0258. The molecular formula is C23H42N4O3. The van der Waals surface area contributed by atoms with Crippen molar-refractivity contribution in [3.63, 3.8) is 0 Å². The van der Waals surface area contributed by atoms with Crippen LogP contribution in [-0.2, 0) is 4.74 Å². The first kappa shape index (κ1) is 26.0. The Balaban J connectivity index is 2.86. The minimum absolute atomic E-state index is 0.118. The molecule has 0 fully saturated rings. The first-order chi connectivity index (χ1) is 14.4. The van der Waals surface area contributed by atoms with Crippen LogP contribution in [0.3, 0.4) is 0 Å². The van der Waals surface area contributed by atoms with Crippen LogP contribution in [0.4, 0.5) is 0 Å². The van der Waals surface area contributed by atoms with Crippen molar-refractivity contribution in [2.75, 3.05) is 54.6 Å². The Kier molecular flexibility index (Phi) is 12.2. The molecule has 1 aromatic rings. The second-order valence-corrected chi connectivity index (χ2v) is 7.77. The molecule has 2 N–H and O–H groups in total. The number of nitrogens with zero attached hydrogens (tertiary/aromatic N) is 2. The summed E-state index contributed by atoms with van der Waals surface area (Å²) >= 11 is 0. The summed E-state index contributed by atoms with van der Waals surface area (Å²) in [6.07, 6.45) is 1.20. The van der Waals surface area contributed by atoms with Gasteiger partial charge in [-0.1, -0.05) is 19.9 Å². The molecule has 1 rings (SSSR count). The highest BCUT2D eigenvalue weighted by atomic mass is 16.5. The van der Waals surface area contributed by atoms with Crippen molar-refractivity contribution in [2.24, 2.45) is 10.9 Å². The number of likely N-dealkylation sites (N-methyl/N-ethyl adjacent to an activating group) is 1. The van der Waals surface area contributed by atoms with E-state index in [9.17, 15) is 0 Å². The summed E-state index contributed by atoms with van der Waals surface area (Å²) in [5, 5.41) is 6.79. The van der Waals surface area contributed by atoms with E-state index in [-0.39, 0.29) is 12.1 Å². The van der Waals surface area contributed by atoms with E-state index < -0.39 is 0 Å². The summed E-state index contributed by atoms with van der Waals surface area (Å²) in [6.45, 7) is 11.5. The molecule has 0 aliphatic heterocycles. The molecule has 0 amide bonds. The molecule has 0 bridgehead atoms. The Labute approximate surface area is 183 Å². The Morgan fingerprint density at radius 3 is 2.30 bits per heavy atom. The van der Waals surface area contributed by atoms with Gasteiger partial charge in [0.25, 0.3) is 0 Å². The summed E-state index contributed by atoms with van der Waals surface area (Å²) in [4.78, 5) is 7.00. The third kappa shape index (κ3) is 8.40. The Morgan fingerprint density at radius 2 is 1.77 bits per heavy atom. The lowest BCUT2D eigenvalue weighted by Crippen LogP contribution is -2.40. The quantitative estimate of drug-likeness (QED) is 0.376. The largest absolute Gasteiger partial charge is 0.493 e. The number of aliphatic imine (C=N–C) groups is 1. The fourth-order valence-electron chi connectivity index (χ4n) is 3.30. The van der Waals surface area contributed by atoms with Crippen molar-refractivity contribution in [1.29, 1.82) is 0 Å². The van der Waals surface area contributed by atoms with Crippen LogP contribution in [0.1, 0.15) is 45.7 Å². The van der Waals surface area contributed by atoms with Gasteiger partial charge in [-0.05, 0) is 58.0 Å². The van der Waals surface area contributed by atoms with E-state index in [0.717, 1.165) is 49.1 Å². The minimum atomic E-state index is 0.118. The molecule has 2 unspecified atom stereocenters. The number of ether oxygens (including phenoxy) is 3. The van der Waals surface area contributed by atoms with Gasteiger partial charge in [0.1, 0.15) is 0 Å². The first-order valence-corrected chi connectivity index (χ1v) is 10.9. The smallest absolute Gasteiger partial charge is 0.191 e. The topological polar surface area (TPSA) is 67.4 Å². The SMILES string of the molecule is CCNC(=NCC(c1ccc(OC)c(OC)c1)N(C)C)NCCC(OCC)C(C)C. The molecule has 30 heavy (non-hydrogen) atoms. The zero-order chi connectivity index (χ0) is 22.5. The number of hydrogen-bond acceptors (Lipinski definition) is 5. The Hall–Kier alpha value is -1.99. The van der Waals surface area contributed by atoms with E-state index in [4.69, 9.17) is 19.2 Å². The van der Waals surface area contributed by atoms with Gasteiger partial charge < -0.3 is 29.7 Å². The van der Waals surface area contributed by atoms with E-state index in [1.165, 1.54) is 0 Å². The van der Waals surface area contributed by atoms with Gasteiger partial charge in [0.15, 0.2) is 17.5 Å². The zero-order valence-corrected chi connectivity index (χ0v) is 20.1. The molecule has 0 spiro atoms. The van der Waals surface area contributed by atoms with Crippen LogP contribution in [-0.4, -0.2) is 71.5 Å². The highest BCUT2D eigenvalue weighted by Crippen LogP contribution is 2.31. The number of methoxy groups -OCH3 is 2. The predicted molar refractivity (Wildman–Crippen MR) is 125 cm³/mol. The first-order valence-electron chi connectivity index (χ1n) is 10.9. The maximum Gasteiger partial charge on any atom is 0.191 e. The van der Waals surface area contributed by atoms with Gasteiger partial charge in [-0.2, -0.15) is 0 Å². The average Bonchev–Trinajstić information content (AvgIpc) is 2.72. The number of guanidine groups is 1. The Bertz CT molecular complexity index is 635. The predicted octanol–water partition coefficient (Wildman–Crippen LogP) is 3.31. The van der Waals surface area contributed by atoms with Crippen LogP contribution in [0.2, 0.25) is 0 Å². The summed E-state index contributed by atoms with van der Waals surface area (Å²) in [7, 11) is 7.43. The summed E-state index contributed by atoms with van der Waals surface area (Å²) < 4.78 is 16.7. The van der Waals surface area contributed by atoms with Crippen molar-refractivity contribution in [2.45, 2.75) is 46.3 Å². The van der Waals surface area contributed by atoms with E-state index in [1.807, 2.05) is 19.1 Å². The summed E-state index contributed by atoms with van der Waals surface area (Å²) in [6, 6.07) is 6.15. The van der Waals surface area contributed by atoms with Gasteiger partial charge in [-0.3, -0.25) is 4.99 Å². The lowest BCUT2D eigenvalue weighted by Gasteiger charge is -2.25. The van der Waals surface area contributed by atoms with Gasteiger partial charge in [-0.25, -0.2) is 0 Å². The fourth-order valence-corrected chi connectivity index (χ4v) is 3.30. The van der Waals surface area contributed by atoms with E-state index in [0.29, 0.717) is 12.5 Å². The third-order valence-electron chi connectivity index (χ3n) is 5.03. The van der Waals surface area contributed by atoms with E-state index in [1.54, 1.807) is 14.2 Å². The zero-order valence-electron chi connectivity index (χ0n) is 20.1. The molecule has 0 heterocycles. The van der Waals surface area contributed by atoms with Crippen LogP contribution in [0.15, 0.2) is 23.2 Å². The molecule has 0 saturated heterocycles. The molecule has 1 aromatic carbocycles. The van der Waals surface area contributed by atoms with Crippen molar-refractivity contribution in [1.82, 2.24) is 15.5 Å². The van der Waals surface area contributed by atoms with Crippen molar-refractivity contribution >= 4 is 5.96 Å². The highest BCUT2D eigenvalue weighted by molar-refractivity contribution is 5.79. The molecule has 0 radical (unpaired) electrons. The second kappa shape index (κ2) is 14.1. The molecule has 172 valence electrons. The van der Waals surface area contributed by atoms with Crippen LogP contribution in [0, 0.1) is 5.92 Å². The standard InChI is InChI=1S/C23H42N4O3/c1-9-24-23(25-14-13-20(17(3)4)30-10-2)26-16-19(27(5)6)18-11-12-21(28-7)22(15-18)29-8/h11-12,15,17,19-20H,9-10,13-14,16H2,1-8H3,(H2,24,25,26). The minimum Gasteiger partial charge on any atom is -0.493 e. The maximum atomic E-state index is 5.84. The van der Waals surface area contributed by atoms with E-state index in [2.05, 4.69) is 56.5 Å². The number of rotatable bonds is 13. The number of nitrogens with one attached hydrogen (secondary N) is 2. The van der Waals surface area contributed by atoms with Gasteiger partial charge in [0.2, 0.25) is 0 Å². The number of benzene rings is 1. The molecule has 0 aliphatic rings. The van der Waals surface area contributed by atoms with Gasteiger partial charge >= 0.3 is 0 Å². The molecule has 2 atom stereocenters. The molecular weight excluding hydrogens is 380 g/mol. The summed E-state index contributed by atoms with van der Waals surface area (Å²) in [5.74, 6) is 2.77. The van der Waals surface area contributed by atoms with Gasteiger partial charge in [0.05, 0.1) is 32.9 Å². The van der Waals surface area contributed by atoms with Crippen LogP contribution < -0.4 is 20.1 Å². The Morgan fingerprint density at radius 1 is 1.07 bits per heavy atom. The van der Waals surface area contributed by atoms with Crippen molar-refractivity contribution < 1.29 is 14.2 Å². The molecule has 0 aliphatic carbocycles. The van der Waals surface area contributed by atoms with Crippen LogP contribution in [0.25, 0.3) is 0 Å². The molecule has 0 saturated carbocycles. The normalized spacial score (nSPS) is 14.0. The average molecular weight is 423 g/mol. The fraction of sp³-hybridized carbons (Fsp3) is 0.696. The monoisotopic (exact) mass is 422 g/mol. The summed E-state index contributed by atoms with van der Waals surface area (Å²) in [5.41, 5.74) is 1.13. The van der Waals surface area contributed by atoms with Crippen molar-refractivity contribution in [3.8, 4) is 11.5 Å². The highest BCUT2D eigenvalue weighted by Gasteiger charge is 2.17. The molecule has 0 aromatic heterocycles. The maximum absolute atomic E-state index is 5.84. The van der Waals surface area contributed by atoms with Crippen molar-refractivity contribution in [3.05, 3.63) is 23.8 Å². The second-order valence-electron chi connectivity index (χ2n) is 7.77. The number of hydrogen-bond donors (Lipinski definition) is 2. The van der Waals surface area contributed by atoms with Gasteiger partial charge in [0, 0.05) is 19.7 Å². The van der Waals surface area contributed by atoms with Crippen LogP contribution >= 0.6 is 0 Å². The third-order valence-corrected chi connectivity index (χ3v) is 5.03. The molecule has 7 nitrogen and oxygen atoms in total.